The molecule has 0 aliphatic heterocycles. The lowest BCUT2D eigenvalue weighted by atomic mass is 9.83. The number of hydrogen-bond acceptors (Lipinski definition) is 2. The van der Waals surface area contributed by atoms with Gasteiger partial charge >= 0.3 is 0 Å². The Morgan fingerprint density at radius 3 is 2.53 bits per heavy atom. The summed E-state index contributed by atoms with van der Waals surface area (Å²) in [6, 6.07) is 0.646. The van der Waals surface area contributed by atoms with E-state index in [0.717, 1.165) is 25.5 Å². The molecule has 0 bridgehead atoms. The summed E-state index contributed by atoms with van der Waals surface area (Å²) < 4.78 is 5.24. The second-order valence-electron chi connectivity index (χ2n) is 5.97. The number of guanidine groups is 1. The van der Waals surface area contributed by atoms with E-state index in [1.807, 2.05) is 0 Å². The number of halogens is 1. The van der Waals surface area contributed by atoms with Crippen LogP contribution in [0.1, 0.15) is 44.9 Å². The second kappa shape index (κ2) is 7.67. The molecule has 4 nitrogen and oxygen atoms in total. The van der Waals surface area contributed by atoms with E-state index in [0.29, 0.717) is 11.5 Å². The molecule has 0 radical (unpaired) electrons. The van der Waals surface area contributed by atoms with Crippen molar-refractivity contribution < 1.29 is 4.74 Å². The van der Waals surface area contributed by atoms with Gasteiger partial charge in [-0.2, -0.15) is 0 Å². The quantitative estimate of drug-likeness (QED) is 0.437. The molecule has 2 aliphatic carbocycles. The van der Waals surface area contributed by atoms with E-state index in [1.165, 1.54) is 38.5 Å². The van der Waals surface area contributed by atoms with Gasteiger partial charge in [0.05, 0.1) is 0 Å². The van der Waals surface area contributed by atoms with Crippen LogP contribution in [0.3, 0.4) is 0 Å². The minimum absolute atomic E-state index is 0. The molecule has 0 aromatic heterocycles. The van der Waals surface area contributed by atoms with Gasteiger partial charge in [-0.25, -0.2) is 0 Å². The van der Waals surface area contributed by atoms with Crippen LogP contribution in [0, 0.1) is 5.41 Å². The zero-order valence-corrected chi connectivity index (χ0v) is 14.6. The zero-order valence-electron chi connectivity index (χ0n) is 12.2. The maximum absolute atomic E-state index is 6.07. The molecule has 0 unspecified atom stereocenters. The Morgan fingerprint density at radius 1 is 1.37 bits per heavy atom. The van der Waals surface area contributed by atoms with E-state index in [2.05, 4.69) is 16.9 Å². The average Bonchev–Trinajstić information content (AvgIpc) is 3.13. The van der Waals surface area contributed by atoms with Gasteiger partial charge in [-0.1, -0.05) is 12.8 Å². The first-order chi connectivity index (χ1) is 8.67. The summed E-state index contributed by atoms with van der Waals surface area (Å²) >= 11 is 0. The van der Waals surface area contributed by atoms with Gasteiger partial charge in [0.25, 0.3) is 0 Å². The molecular formula is C14H28IN3O. The third-order valence-electron chi connectivity index (χ3n) is 4.53. The SMILES string of the molecule is COCCC1(CN=C(N)N(C)C2CC2)CCCC1.I. The number of ether oxygens (including phenoxy) is 1. The number of nitrogens with zero attached hydrogens (tertiary/aromatic N) is 2. The Hall–Kier alpha value is -0.0400. The number of hydrogen-bond donors (Lipinski definition) is 1. The summed E-state index contributed by atoms with van der Waals surface area (Å²) in [4.78, 5) is 6.80. The Morgan fingerprint density at radius 2 is 2.00 bits per heavy atom. The fourth-order valence-electron chi connectivity index (χ4n) is 2.94. The fourth-order valence-corrected chi connectivity index (χ4v) is 2.94. The fraction of sp³-hybridized carbons (Fsp3) is 0.929. The van der Waals surface area contributed by atoms with Gasteiger partial charge in [0.15, 0.2) is 5.96 Å². The molecule has 2 saturated carbocycles. The van der Waals surface area contributed by atoms with E-state index in [9.17, 15) is 0 Å². The monoisotopic (exact) mass is 381 g/mol. The molecule has 0 heterocycles. The molecule has 0 spiro atoms. The van der Waals surface area contributed by atoms with Crippen LogP contribution in [-0.2, 0) is 4.74 Å². The highest BCUT2D eigenvalue weighted by atomic mass is 127. The highest BCUT2D eigenvalue weighted by Gasteiger charge is 2.34. The summed E-state index contributed by atoms with van der Waals surface area (Å²) in [6.45, 7) is 1.72. The molecule has 2 rings (SSSR count). The normalized spacial score (nSPS) is 22.1. The van der Waals surface area contributed by atoms with Crippen molar-refractivity contribution in [1.29, 1.82) is 0 Å². The van der Waals surface area contributed by atoms with Crippen LogP contribution in [0.4, 0.5) is 0 Å². The molecule has 5 heteroatoms. The van der Waals surface area contributed by atoms with Crippen molar-refractivity contribution in [3.05, 3.63) is 0 Å². The summed E-state index contributed by atoms with van der Waals surface area (Å²) in [5, 5.41) is 0. The van der Waals surface area contributed by atoms with Crippen molar-refractivity contribution in [2.45, 2.75) is 51.0 Å². The van der Waals surface area contributed by atoms with Gasteiger partial charge < -0.3 is 15.4 Å². The van der Waals surface area contributed by atoms with Crippen LogP contribution in [-0.4, -0.2) is 44.2 Å². The van der Waals surface area contributed by atoms with Crippen molar-refractivity contribution in [3.63, 3.8) is 0 Å². The first-order valence-electron chi connectivity index (χ1n) is 7.19. The Kier molecular flexibility index (Phi) is 6.86. The molecule has 0 atom stereocenters. The van der Waals surface area contributed by atoms with Gasteiger partial charge in [-0.15, -0.1) is 24.0 Å². The molecule has 2 aliphatic rings. The average molecular weight is 381 g/mol. The van der Waals surface area contributed by atoms with E-state index in [4.69, 9.17) is 10.5 Å². The Balaban J connectivity index is 0.00000180. The molecule has 112 valence electrons. The molecule has 2 N–H and O–H groups in total. The van der Waals surface area contributed by atoms with Crippen LogP contribution < -0.4 is 5.73 Å². The molecule has 0 saturated heterocycles. The smallest absolute Gasteiger partial charge is 0.191 e. The van der Waals surface area contributed by atoms with Crippen LogP contribution in [0.25, 0.3) is 0 Å². The van der Waals surface area contributed by atoms with E-state index < -0.39 is 0 Å². The highest BCUT2D eigenvalue weighted by molar-refractivity contribution is 14.0. The third kappa shape index (κ3) is 4.77. The topological polar surface area (TPSA) is 50.9 Å². The van der Waals surface area contributed by atoms with Crippen molar-refractivity contribution in [2.24, 2.45) is 16.1 Å². The van der Waals surface area contributed by atoms with Crippen molar-refractivity contribution in [3.8, 4) is 0 Å². The van der Waals surface area contributed by atoms with Gasteiger partial charge in [0, 0.05) is 33.4 Å². The maximum Gasteiger partial charge on any atom is 0.191 e. The molecule has 19 heavy (non-hydrogen) atoms. The zero-order chi connectivity index (χ0) is 13.0. The minimum atomic E-state index is 0. The predicted molar refractivity (Wildman–Crippen MR) is 90.1 cm³/mol. The predicted octanol–water partition coefficient (Wildman–Crippen LogP) is 2.61. The van der Waals surface area contributed by atoms with Crippen molar-refractivity contribution >= 4 is 29.9 Å². The standard InChI is InChI=1S/C14H27N3O.HI/c1-17(12-5-6-12)13(15)16-11-14(9-10-18-2)7-3-4-8-14;/h12H,3-11H2,1-2H3,(H2,15,16);1H. The van der Waals surface area contributed by atoms with Crippen molar-refractivity contribution in [1.82, 2.24) is 4.90 Å². The third-order valence-corrected chi connectivity index (χ3v) is 4.53. The summed E-state index contributed by atoms with van der Waals surface area (Å²) in [7, 11) is 3.84. The minimum Gasteiger partial charge on any atom is -0.385 e. The van der Waals surface area contributed by atoms with Crippen molar-refractivity contribution in [2.75, 3.05) is 27.3 Å². The molecule has 0 amide bonds. The van der Waals surface area contributed by atoms with Gasteiger partial charge in [-0.05, 0) is 37.5 Å². The first kappa shape index (κ1) is 17.0. The van der Waals surface area contributed by atoms with Crippen LogP contribution >= 0.6 is 24.0 Å². The lowest BCUT2D eigenvalue weighted by Crippen LogP contribution is -2.37. The number of aliphatic imine (C=N–C) groups is 1. The second-order valence-corrected chi connectivity index (χ2v) is 5.97. The number of nitrogens with two attached hydrogens (primary N) is 1. The molecule has 0 aromatic rings. The largest absolute Gasteiger partial charge is 0.385 e. The summed E-state index contributed by atoms with van der Waals surface area (Å²) in [5.41, 5.74) is 6.42. The summed E-state index contributed by atoms with van der Waals surface area (Å²) in [6.07, 6.45) is 8.87. The maximum atomic E-state index is 6.07. The lowest BCUT2D eigenvalue weighted by Gasteiger charge is -2.27. The molecule has 2 fully saturated rings. The van der Waals surface area contributed by atoms with Crippen LogP contribution in [0.5, 0.6) is 0 Å². The Labute approximate surface area is 134 Å². The van der Waals surface area contributed by atoms with E-state index in [-0.39, 0.29) is 24.0 Å². The van der Waals surface area contributed by atoms with Crippen LogP contribution in [0.2, 0.25) is 0 Å². The Bertz CT molecular complexity index is 299. The van der Waals surface area contributed by atoms with Gasteiger partial charge in [0.2, 0.25) is 0 Å². The van der Waals surface area contributed by atoms with Crippen LogP contribution in [0.15, 0.2) is 4.99 Å². The van der Waals surface area contributed by atoms with Gasteiger partial charge in [0.1, 0.15) is 0 Å². The number of rotatable bonds is 6. The summed E-state index contributed by atoms with van der Waals surface area (Å²) in [5.74, 6) is 0.723. The van der Waals surface area contributed by atoms with Gasteiger partial charge in [-0.3, -0.25) is 4.99 Å². The molecule has 0 aromatic carbocycles. The first-order valence-corrected chi connectivity index (χ1v) is 7.19. The molecular weight excluding hydrogens is 353 g/mol. The van der Waals surface area contributed by atoms with E-state index in [1.54, 1.807) is 7.11 Å². The highest BCUT2D eigenvalue weighted by Crippen LogP contribution is 2.41. The van der Waals surface area contributed by atoms with E-state index >= 15 is 0 Å². The lowest BCUT2D eigenvalue weighted by molar-refractivity contribution is 0.141. The number of methoxy groups -OCH3 is 1.